The van der Waals surface area contributed by atoms with Gasteiger partial charge in [-0.2, -0.15) is 20.1 Å². The number of anilines is 3. The van der Waals surface area contributed by atoms with Gasteiger partial charge in [0.25, 0.3) is 5.56 Å². The number of hydrogen-bond acceptors (Lipinski definition) is 7. The highest BCUT2D eigenvalue weighted by Gasteiger charge is 2.25. The number of pyridine rings is 1. The van der Waals surface area contributed by atoms with Gasteiger partial charge in [-0.1, -0.05) is 18.2 Å². The maximum Gasteiger partial charge on any atom is 0.265 e. The van der Waals surface area contributed by atoms with Gasteiger partial charge in [0.1, 0.15) is 5.82 Å². The summed E-state index contributed by atoms with van der Waals surface area (Å²) in [5.41, 5.74) is 8.68. The smallest absolute Gasteiger partial charge is 0.265 e. The molecule has 1 aliphatic rings. The van der Waals surface area contributed by atoms with E-state index >= 15 is 4.39 Å². The van der Waals surface area contributed by atoms with Crippen LogP contribution in [0.4, 0.5) is 22.0 Å². The van der Waals surface area contributed by atoms with Gasteiger partial charge < -0.3 is 11.1 Å². The summed E-state index contributed by atoms with van der Waals surface area (Å²) in [4.78, 5) is 26.3. The van der Waals surface area contributed by atoms with Crippen molar-refractivity contribution in [2.75, 3.05) is 11.1 Å². The van der Waals surface area contributed by atoms with Crippen LogP contribution in [0.1, 0.15) is 29.9 Å². The molecule has 0 saturated heterocycles. The van der Waals surface area contributed by atoms with Crippen molar-refractivity contribution in [1.29, 1.82) is 0 Å². The summed E-state index contributed by atoms with van der Waals surface area (Å²) >= 11 is 0. The standard InChI is InChI=1S/C26H22FN8O/c1-14-19(23-31-25(28)33-26(32-23)30-18-12-29-34(2)13-18)4-3-5-21(14)35-9-8-16-10-17(15-6-7-15)11-20(27)22(16)24(35)36/h3-5,8-13,15H,1,6-7H2,2H3,(H3,28,30,31,32,33). The molecule has 179 valence electrons. The highest BCUT2D eigenvalue weighted by molar-refractivity contribution is 5.83. The number of nitrogens with two attached hydrogens (primary N) is 1. The van der Waals surface area contributed by atoms with E-state index in [2.05, 4.69) is 32.3 Å². The fourth-order valence-electron chi connectivity index (χ4n) is 4.39. The zero-order valence-electron chi connectivity index (χ0n) is 19.4. The summed E-state index contributed by atoms with van der Waals surface area (Å²) in [5, 5.41) is 7.81. The largest absolute Gasteiger partial charge is 0.368 e. The van der Waals surface area contributed by atoms with Crippen LogP contribution in [0.25, 0.3) is 27.8 Å². The molecule has 5 aromatic rings. The summed E-state index contributed by atoms with van der Waals surface area (Å²) < 4.78 is 18.1. The molecule has 1 radical (unpaired) electrons. The van der Waals surface area contributed by atoms with E-state index in [0.717, 1.165) is 18.4 Å². The number of nitrogens with one attached hydrogen (secondary N) is 1. The van der Waals surface area contributed by atoms with Gasteiger partial charge in [0.05, 0.1) is 23.0 Å². The summed E-state index contributed by atoms with van der Waals surface area (Å²) in [6, 6.07) is 10.4. The first kappa shape index (κ1) is 21.9. The van der Waals surface area contributed by atoms with Gasteiger partial charge in [-0.15, -0.1) is 0 Å². The minimum Gasteiger partial charge on any atom is -0.368 e. The lowest BCUT2D eigenvalue weighted by Crippen LogP contribution is -2.20. The van der Waals surface area contributed by atoms with Gasteiger partial charge in [0, 0.05) is 25.0 Å². The fourth-order valence-corrected chi connectivity index (χ4v) is 4.39. The summed E-state index contributed by atoms with van der Waals surface area (Å²) in [6.45, 7) is 4.18. The van der Waals surface area contributed by atoms with E-state index in [-0.39, 0.29) is 23.1 Å². The number of nitrogen functional groups attached to an aromatic ring is 1. The van der Waals surface area contributed by atoms with Crippen molar-refractivity contribution in [2.45, 2.75) is 18.8 Å². The number of hydrogen-bond donors (Lipinski definition) is 2. The van der Waals surface area contributed by atoms with Crippen LogP contribution in [0.2, 0.25) is 0 Å². The minimum absolute atomic E-state index is 0.0209. The number of rotatable bonds is 5. The Balaban J connectivity index is 1.43. The molecule has 3 heterocycles. The molecule has 1 fully saturated rings. The van der Waals surface area contributed by atoms with Crippen molar-refractivity contribution in [3.8, 4) is 17.1 Å². The second-order valence-corrected chi connectivity index (χ2v) is 8.90. The van der Waals surface area contributed by atoms with Gasteiger partial charge >= 0.3 is 0 Å². The molecular formula is C26H22FN8O. The molecule has 0 atom stereocenters. The SMILES string of the molecule is [CH2]c1c(-c2nc(N)nc(Nc3cnn(C)c3)n2)cccc1-n1ccc2cc(C3CC3)cc(F)c2c1=O. The molecule has 3 N–H and O–H groups in total. The molecule has 0 aliphatic heterocycles. The molecule has 36 heavy (non-hydrogen) atoms. The van der Waals surface area contributed by atoms with Crippen LogP contribution in [-0.4, -0.2) is 29.3 Å². The molecule has 9 nitrogen and oxygen atoms in total. The van der Waals surface area contributed by atoms with Crippen molar-refractivity contribution < 1.29 is 4.39 Å². The van der Waals surface area contributed by atoms with Crippen LogP contribution in [-0.2, 0) is 7.05 Å². The molecule has 0 unspecified atom stereocenters. The van der Waals surface area contributed by atoms with E-state index in [1.807, 2.05) is 6.07 Å². The van der Waals surface area contributed by atoms with Gasteiger partial charge in [-0.25, -0.2) is 4.39 Å². The van der Waals surface area contributed by atoms with E-state index in [9.17, 15) is 4.79 Å². The number of benzene rings is 2. The van der Waals surface area contributed by atoms with E-state index < -0.39 is 11.4 Å². The van der Waals surface area contributed by atoms with Crippen molar-refractivity contribution in [3.05, 3.63) is 89.2 Å². The summed E-state index contributed by atoms with van der Waals surface area (Å²) in [5.74, 6) is 0.431. The highest BCUT2D eigenvalue weighted by Crippen LogP contribution is 2.41. The molecule has 0 bridgehead atoms. The number of halogens is 1. The molecule has 1 aliphatic carbocycles. The Labute approximate surface area is 205 Å². The van der Waals surface area contributed by atoms with Crippen LogP contribution in [0.3, 0.4) is 0 Å². The lowest BCUT2D eigenvalue weighted by atomic mass is 10.0. The van der Waals surface area contributed by atoms with Crippen LogP contribution in [0.15, 0.2) is 59.8 Å². The first-order chi connectivity index (χ1) is 17.4. The fraction of sp³-hybridized carbons (Fsp3) is 0.154. The minimum atomic E-state index is -0.508. The lowest BCUT2D eigenvalue weighted by molar-refractivity contribution is 0.635. The zero-order valence-corrected chi connectivity index (χ0v) is 19.4. The third-order valence-corrected chi connectivity index (χ3v) is 6.29. The number of aromatic nitrogens is 6. The Morgan fingerprint density at radius 2 is 2.00 bits per heavy atom. The van der Waals surface area contributed by atoms with Gasteiger partial charge in [-0.3, -0.25) is 14.0 Å². The molecule has 3 aromatic heterocycles. The zero-order chi connectivity index (χ0) is 25.0. The van der Waals surface area contributed by atoms with E-state index in [4.69, 9.17) is 5.73 Å². The maximum atomic E-state index is 15.0. The van der Waals surface area contributed by atoms with E-state index in [1.165, 1.54) is 10.6 Å². The van der Waals surface area contributed by atoms with Crippen molar-refractivity contribution in [3.63, 3.8) is 0 Å². The third-order valence-electron chi connectivity index (χ3n) is 6.29. The highest BCUT2D eigenvalue weighted by atomic mass is 19.1. The van der Waals surface area contributed by atoms with Crippen molar-refractivity contribution in [2.24, 2.45) is 7.05 Å². The van der Waals surface area contributed by atoms with E-state index in [0.29, 0.717) is 33.8 Å². The molecule has 6 rings (SSSR count). The normalized spacial score (nSPS) is 13.3. The molecule has 1 saturated carbocycles. The van der Waals surface area contributed by atoms with Gasteiger partial charge in [0.2, 0.25) is 11.9 Å². The van der Waals surface area contributed by atoms with Crippen molar-refractivity contribution in [1.82, 2.24) is 29.3 Å². The maximum absolute atomic E-state index is 15.0. The van der Waals surface area contributed by atoms with Crippen LogP contribution >= 0.6 is 0 Å². The van der Waals surface area contributed by atoms with Gasteiger partial charge in [0.15, 0.2) is 5.82 Å². The average molecular weight is 482 g/mol. The Kier molecular flexibility index (Phi) is 5.03. The quantitative estimate of drug-likeness (QED) is 0.388. The second kappa shape index (κ2) is 8.26. The Hall–Kier alpha value is -4.60. The third kappa shape index (κ3) is 3.86. The number of aryl methyl sites for hydroxylation is 1. The Morgan fingerprint density at radius 3 is 2.75 bits per heavy atom. The van der Waals surface area contributed by atoms with Crippen LogP contribution < -0.4 is 16.6 Å². The summed E-state index contributed by atoms with van der Waals surface area (Å²) in [7, 11) is 1.80. The predicted octanol–water partition coefficient (Wildman–Crippen LogP) is 4.10. The summed E-state index contributed by atoms with van der Waals surface area (Å²) in [6.07, 6.45) is 7.16. The molecular weight excluding hydrogens is 459 g/mol. The molecule has 10 heteroatoms. The number of fused-ring (bicyclic) bond motifs is 1. The topological polar surface area (TPSA) is 117 Å². The predicted molar refractivity (Wildman–Crippen MR) is 136 cm³/mol. The number of nitrogens with zero attached hydrogens (tertiary/aromatic N) is 6. The Bertz CT molecular complexity index is 1700. The second-order valence-electron chi connectivity index (χ2n) is 8.90. The molecule has 0 amide bonds. The molecule has 0 spiro atoms. The van der Waals surface area contributed by atoms with E-state index in [1.54, 1.807) is 54.6 Å². The average Bonchev–Trinajstić information content (AvgIpc) is 3.61. The van der Waals surface area contributed by atoms with Gasteiger partial charge in [-0.05, 0) is 60.4 Å². The first-order valence-electron chi connectivity index (χ1n) is 11.4. The molecule has 2 aromatic carbocycles. The van der Waals surface area contributed by atoms with Crippen LogP contribution in [0.5, 0.6) is 0 Å². The monoisotopic (exact) mass is 481 g/mol. The lowest BCUT2D eigenvalue weighted by Gasteiger charge is -2.14. The first-order valence-corrected chi connectivity index (χ1v) is 11.4. The van der Waals surface area contributed by atoms with Crippen LogP contribution in [0, 0.1) is 12.7 Å². The Morgan fingerprint density at radius 1 is 1.17 bits per heavy atom. The van der Waals surface area contributed by atoms with Crippen molar-refractivity contribution >= 4 is 28.4 Å².